The third-order valence-electron chi connectivity index (χ3n) is 3.43. The van der Waals surface area contributed by atoms with Crippen LogP contribution in [0.3, 0.4) is 0 Å². The molecule has 0 fully saturated rings. The second-order valence-electron chi connectivity index (χ2n) is 4.75. The fraction of sp³-hybridized carbons (Fsp3) is 0.200. The van der Waals surface area contributed by atoms with Crippen molar-refractivity contribution in [3.63, 3.8) is 0 Å². The predicted octanol–water partition coefficient (Wildman–Crippen LogP) is 3.16. The number of rotatable bonds is 3. The van der Waals surface area contributed by atoms with Crippen LogP contribution in [-0.2, 0) is 6.42 Å². The molecule has 0 aromatic heterocycles. The number of nitrogen functional groups attached to an aromatic ring is 1. The minimum absolute atomic E-state index is 0.300. The van der Waals surface area contributed by atoms with Crippen LogP contribution in [0.25, 0.3) is 0 Å². The van der Waals surface area contributed by atoms with E-state index in [1.807, 2.05) is 0 Å². The third-order valence-corrected chi connectivity index (χ3v) is 3.43. The first-order valence-electron chi connectivity index (χ1n) is 6.10. The lowest BCUT2D eigenvalue weighted by Gasteiger charge is -2.30. The van der Waals surface area contributed by atoms with Crippen LogP contribution in [0.5, 0.6) is 0 Å². The smallest absolute Gasteiger partial charge is 0.127 e. The van der Waals surface area contributed by atoms with Crippen LogP contribution in [0.4, 0.5) is 15.8 Å². The molecule has 3 N–H and O–H groups in total. The lowest BCUT2D eigenvalue weighted by atomic mass is 9.77. The Balaban J connectivity index is 1.66. The molecule has 0 heterocycles. The van der Waals surface area contributed by atoms with Crippen molar-refractivity contribution in [2.24, 2.45) is 0 Å². The van der Waals surface area contributed by atoms with Crippen LogP contribution in [0.1, 0.15) is 17.0 Å². The molecule has 1 unspecified atom stereocenters. The summed E-state index contributed by atoms with van der Waals surface area (Å²) >= 11 is 0. The van der Waals surface area contributed by atoms with Gasteiger partial charge in [-0.25, -0.2) is 4.39 Å². The van der Waals surface area contributed by atoms with E-state index in [0.29, 0.717) is 11.6 Å². The highest BCUT2D eigenvalue weighted by Gasteiger charge is 2.24. The number of nitrogens with one attached hydrogen (secondary N) is 1. The number of hydrogen-bond donors (Lipinski definition) is 2. The van der Waals surface area contributed by atoms with Crippen molar-refractivity contribution < 1.29 is 4.39 Å². The molecule has 92 valence electrons. The first-order chi connectivity index (χ1) is 8.72. The zero-order valence-corrected chi connectivity index (χ0v) is 9.99. The van der Waals surface area contributed by atoms with E-state index >= 15 is 0 Å². The van der Waals surface area contributed by atoms with Gasteiger partial charge in [0.15, 0.2) is 0 Å². The van der Waals surface area contributed by atoms with E-state index in [0.717, 1.165) is 18.7 Å². The van der Waals surface area contributed by atoms with Gasteiger partial charge in [-0.1, -0.05) is 24.3 Å². The Hall–Kier alpha value is -2.03. The lowest BCUT2D eigenvalue weighted by Crippen LogP contribution is -2.24. The van der Waals surface area contributed by atoms with Crippen LogP contribution in [-0.4, -0.2) is 6.54 Å². The fourth-order valence-corrected chi connectivity index (χ4v) is 2.50. The van der Waals surface area contributed by atoms with Crippen LogP contribution in [0, 0.1) is 5.82 Å². The maximum absolute atomic E-state index is 13.2. The molecule has 0 radical (unpaired) electrons. The number of benzene rings is 2. The Morgan fingerprint density at radius 1 is 1.22 bits per heavy atom. The molecule has 2 aromatic rings. The largest absolute Gasteiger partial charge is 0.399 e. The quantitative estimate of drug-likeness (QED) is 0.811. The minimum Gasteiger partial charge on any atom is -0.399 e. The third kappa shape index (κ3) is 2.04. The standard InChI is InChI=1S/C15H15FN2/c16-12-6-13(17)8-14(7-12)18-9-11-5-10-3-1-2-4-15(10)11/h1-4,6-8,11,18H,5,9,17H2. The maximum Gasteiger partial charge on any atom is 0.127 e. The first-order valence-corrected chi connectivity index (χ1v) is 6.10. The summed E-state index contributed by atoms with van der Waals surface area (Å²) < 4.78 is 13.2. The molecule has 2 nitrogen and oxygen atoms in total. The van der Waals surface area contributed by atoms with Crippen molar-refractivity contribution in [3.8, 4) is 0 Å². The van der Waals surface area contributed by atoms with Gasteiger partial charge >= 0.3 is 0 Å². The van der Waals surface area contributed by atoms with Gasteiger partial charge in [0.1, 0.15) is 5.82 Å². The molecule has 0 saturated carbocycles. The van der Waals surface area contributed by atoms with Crippen molar-refractivity contribution in [2.75, 3.05) is 17.6 Å². The highest BCUT2D eigenvalue weighted by atomic mass is 19.1. The lowest BCUT2D eigenvalue weighted by molar-refractivity contribution is 0.624. The molecule has 3 rings (SSSR count). The van der Waals surface area contributed by atoms with Crippen LogP contribution in [0.2, 0.25) is 0 Å². The van der Waals surface area contributed by atoms with Crippen molar-refractivity contribution in [3.05, 3.63) is 59.4 Å². The molecule has 1 aliphatic carbocycles. The minimum atomic E-state index is -0.300. The Morgan fingerprint density at radius 3 is 2.83 bits per heavy atom. The van der Waals surface area contributed by atoms with Crippen LogP contribution < -0.4 is 11.1 Å². The fourth-order valence-electron chi connectivity index (χ4n) is 2.50. The zero-order chi connectivity index (χ0) is 12.5. The Bertz CT molecular complexity index is 560. The predicted molar refractivity (Wildman–Crippen MR) is 72.2 cm³/mol. The Kier molecular flexibility index (Phi) is 2.67. The average molecular weight is 242 g/mol. The molecule has 0 bridgehead atoms. The van der Waals surface area contributed by atoms with E-state index in [-0.39, 0.29) is 5.82 Å². The van der Waals surface area contributed by atoms with Crippen molar-refractivity contribution in [1.29, 1.82) is 0 Å². The van der Waals surface area contributed by atoms with Gasteiger partial charge in [0.05, 0.1) is 0 Å². The summed E-state index contributed by atoms with van der Waals surface area (Å²) in [7, 11) is 0. The van der Waals surface area contributed by atoms with Crippen molar-refractivity contribution in [2.45, 2.75) is 12.3 Å². The molecule has 18 heavy (non-hydrogen) atoms. The van der Waals surface area contributed by atoms with E-state index in [2.05, 4.69) is 29.6 Å². The van der Waals surface area contributed by atoms with E-state index < -0.39 is 0 Å². The molecule has 1 atom stereocenters. The highest BCUT2D eigenvalue weighted by Crippen LogP contribution is 2.34. The summed E-state index contributed by atoms with van der Waals surface area (Å²) in [6, 6.07) is 13.0. The summed E-state index contributed by atoms with van der Waals surface area (Å²) in [6.07, 6.45) is 1.09. The Labute approximate surface area is 106 Å². The molecule has 0 amide bonds. The van der Waals surface area contributed by atoms with E-state index in [4.69, 9.17) is 5.73 Å². The SMILES string of the molecule is Nc1cc(F)cc(NCC2Cc3ccccc32)c1. The summed E-state index contributed by atoms with van der Waals surface area (Å²) in [6.45, 7) is 0.819. The van der Waals surface area contributed by atoms with Gasteiger partial charge in [-0.15, -0.1) is 0 Å². The topological polar surface area (TPSA) is 38.0 Å². The van der Waals surface area contributed by atoms with Crippen molar-refractivity contribution in [1.82, 2.24) is 0 Å². The first kappa shape index (κ1) is 11.1. The highest BCUT2D eigenvalue weighted by molar-refractivity contribution is 5.55. The van der Waals surface area contributed by atoms with E-state index in [9.17, 15) is 4.39 Å². The summed E-state index contributed by atoms with van der Waals surface area (Å²) in [5, 5.41) is 3.25. The zero-order valence-electron chi connectivity index (χ0n) is 9.99. The monoisotopic (exact) mass is 242 g/mol. The molecule has 0 spiro atoms. The second kappa shape index (κ2) is 4.33. The maximum atomic E-state index is 13.2. The van der Waals surface area contributed by atoms with Gasteiger partial charge in [0, 0.05) is 23.8 Å². The molecular formula is C15H15FN2. The van der Waals surface area contributed by atoms with Gasteiger partial charge in [-0.05, 0) is 35.7 Å². The van der Waals surface area contributed by atoms with Gasteiger partial charge in [-0.3, -0.25) is 0 Å². The summed E-state index contributed by atoms with van der Waals surface area (Å²) in [5.41, 5.74) is 9.62. The van der Waals surface area contributed by atoms with Gasteiger partial charge in [0.2, 0.25) is 0 Å². The number of fused-ring (bicyclic) bond motifs is 1. The van der Waals surface area contributed by atoms with Crippen LogP contribution in [0.15, 0.2) is 42.5 Å². The van der Waals surface area contributed by atoms with Gasteiger partial charge in [-0.2, -0.15) is 0 Å². The van der Waals surface area contributed by atoms with Crippen LogP contribution >= 0.6 is 0 Å². The molecular weight excluding hydrogens is 227 g/mol. The molecule has 0 aliphatic heterocycles. The number of nitrogens with two attached hydrogens (primary N) is 1. The van der Waals surface area contributed by atoms with Gasteiger partial charge in [0.25, 0.3) is 0 Å². The van der Waals surface area contributed by atoms with Crippen molar-refractivity contribution >= 4 is 11.4 Å². The van der Waals surface area contributed by atoms with E-state index in [1.54, 1.807) is 6.07 Å². The summed E-state index contributed by atoms with van der Waals surface area (Å²) in [5.74, 6) is 0.220. The molecule has 2 aromatic carbocycles. The summed E-state index contributed by atoms with van der Waals surface area (Å²) in [4.78, 5) is 0. The average Bonchev–Trinajstić information content (AvgIpc) is 2.29. The number of anilines is 2. The molecule has 3 heteroatoms. The van der Waals surface area contributed by atoms with E-state index in [1.165, 1.54) is 23.3 Å². The Morgan fingerprint density at radius 2 is 2.06 bits per heavy atom. The number of halogens is 1. The molecule has 1 aliphatic rings. The second-order valence-corrected chi connectivity index (χ2v) is 4.75. The normalized spacial score (nSPS) is 16.8. The van der Waals surface area contributed by atoms with Gasteiger partial charge < -0.3 is 11.1 Å². The number of hydrogen-bond acceptors (Lipinski definition) is 2. The molecule has 0 saturated heterocycles.